The Morgan fingerprint density at radius 2 is 1.64 bits per heavy atom. The largest absolute Gasteiger partial charge is 0.493 e. The zero-order valence-corrected chi connectivity index (χ0v) is 25.9. The third-order valence-corrected chi connectivity index (χ3v) is 10.1. The Hall–Kier alpha value is -4.09. The van der Waals surface area contributed by atoms with Crippen molar-refractivity contribution in [3.05, 3.63) is 78.4 Å². The number of methoxy groups -OCH3 is 2. The molecule has 0 radical (unpaired) electrons. The monoisotopic (exact) mass is 621 g/mol. The average molecular weight is 622 g/mol. The quantitative estimate of drug-likeness (QED) is 0.342. The van der Waals surface area contributed by atoms with Gasteiger partial charge in [-0.1, -0.05) is 61.7 Å². The number of nitrogens with zero attached hydrogens (tertiary/aromatic N) is 2. The Balaban J connectivity index is 1.38. The molecule has 3 aromatic rings. The third kappa shape index (κ3) is 7.00. The first kappa shape index (κ1) is 31.3. The minimum Gasteiger partial charge on any atom is -0.493 e. The van der Waals surface area contributed by atoms with Crippen LogP contribution < -0.4 is 24.4 Å². The van der Waals surface area contributed by atoms with Crippen LogP contribution in [0.4, 0.5) is 5.69 Å². The molecule has 1 saturated carbocycles. The predicted molar refractivity (Wildman–Crippen MR) is 167 cm³/mol. The fourth-order valence-corrected chi connectivity index (χ4v) is 7.46. The van der Waals surface area contributed by atoms with E-state index in [-0.39, 0.29) is 35.7 Å². The Morgan fingerprint density at radius 3 is 2.36 bits per heavy atom. The van der Waals surface area contributed by atoms with Crippen molar-refractivity contribution in [3.8, 4) is 17.2 Å². The smallest absolute Gasteiger partial charge is 0.262 e. The van der Waals surface area contributed by atoms with Crippen molar-refractivity contribution in [1.82, 2.24) is 9.62 Å². The molecule has 1 N–H and O–H groups in total. The molecule has 3 aromatic carbocycles. The fourth-order valence-electron chi connectivity index (χ4n) is 5.81. The second kappa shape index (κ2) is 14.1. The summed E-state index contributed by atoms with van der Waals surface area (Å²) in [5.41, 5.74) is 1.59. The van der Waals surface area contributed by atoms with Crippen molar-refractivity contribution in [2.75, 3.05) is 38.8 Å². The summed E-state index contributed by atoms with van der Waals surface area (Å²) in [6.07, 6.45) is 3.80. The maximum atomic E-state index is 14.1. The van der Waals surface area contributed by atoms with Gasteiger partial charge >= 0.3 is 0 Å². The molecule has 234 valence electrons. The zero-order chi connectivity index (χ0) is 31.1. The van der Waals surface area contributed by atoms with Crippen molar-refractivity contribution in [1.29, 1.82) is 0 Å². The SMILES string of the molecule is COc1ccc(S(=O)(=O)N(CC(=O)N2CC(C(=O)NCCc3ccccc3)Oc3ccccc32)C2CCCCC2)cc1OC. The molecular weight excluding hydrogens is 582 g/mol. The number of nitrogens with one attached hydrogen (secondary N) is 1. The standard InChI is InChI=1S/C33H39N3O7S/c1-41-29-18-17-26(21-30(29)42-2)44(39,40)36(25-13-7-4-8-14-25)23-32(37)35-22-31(43-28-16-10-9-15-27(28)35)33(38)34-20-19-24-11-5-3-6-12-24/h3,5-6,9-12,15-18,21,25,31H,4,7-8,13-14,19-20,22-23H2,1-2H3,(H,34,38). The fraction of sp³-hybridized carbons (Fsp3) is 0.394. The first-order valence-corrected chi connectivity index (χ1v) is 16.4. The number of ether oxygens (including phenoxy) is 3. The van der Waals surface area contributed by atoms with Crippen LogP contribution in [0.25, 0.3) is 0 Å². The molecule has 1 unspecified atom stereocenters. The van der Waals surface area contributed by atoms with Gasteiger partial charge in [-0.15, -0.1) is 0 Å². The molecule has 44 heavy (non-hydrogen) atoms. The first-order chi connectivity index (χ1) is 21.3. The van der Waals surface area contributed by atoms with Gasteiger partial charge in [-0.25, -0.2) is 8.42 Å². The molecule has 11 heteroatoms. The number of fused-ring (bicyclic) bond motifs is 1. The van der Waals surface area contributed by atoms with Gasteiger partial charge in [-0.05, 0) is 49.1 Å². The van der Waals surface area contributed by atoms with E-state index in [4.69, 9.17) is 14.2 Å². The van der Waals surface area contributed by atoms with E-state index in [2.05, 4.69) is 5.32 Å². The summed E-state index contributed by atoms with van der Waals surface area (Å²) in [5, 5.41) is 2.92. The lowest BCUT2D eigenvalue weighted by Crippen LogP contribution is -2.54. The van der Waals surface area contributed by atoms with E-state index in [9.17, 15) is 18.0 Å². The summed E-state index contributed by atoms with van der Waals surface area (Å²) in [6, 6.07) is 20.9. The number of benzene rings is 3. The second-order valence-electron chi connectivity index (χ2n) is 11.0. The Labute approximate surface area is 259 Å². The van der Waals surface area contributed by atoms with Crippen molar-refractivity contribution in [3.63, 3.8) is 0 Å². The Kier molecular flexibility index (Phi) is 10.1. The van der Waals surface area contributed by atoms with Gasteiger partial charge in [0.15, 0.2) is 17.6 Å². The van der Waals surface area contributed by atoms with Gasteiger partial charge in [0.2, 0.25) is 15.9 Å². The number of rotatable bonds is 11. The number of hydrogen-bond acceptors (Lipinski definition) is 7. The molecule has 1 aliphatic heterocycles. The predicted octanol–water partition coefficient (Wildman–Crippen LogP) is 4.18. The van der Waals surface area contributed by atoms with Crippen LogP contribution >= 0.6 is 0 Å². The molecule has 2 amide bonds. The molecular formula is C33H39N3O7S. The van der Waals surface area contributed by atoms with Crippen molar-refractivity contribution < 1.29 is 32.2 Å². The second-order valence-corrected chi connectivity index (χ2v) is 12.9. The summed E-state index contributed by atoms with van der Waals surface area (Å²) in [5.74, 6) is 0.312. The maximum absolute atomic E-state index is 14.1. The summed E-state index contributed by atoms with van der Waals surface area (Å²) in [7, 11) is -1.17. The van der Waals surface area contributed by atoms with Gasteiger partial charge in [-0.2, -0.15) is 4.31 Å². The molecule has 1 fully saturated rings. The highest BCUT2D eigenvalue weighted by atomic mass is 32.2. The molecule has 0 saturated heterocycles. The normalized spacial score (nSPS) is 17.0. The molecule has 2 aliphatic rings. The van der Waals surface area contributed by atoms with Crippen LogP contribution in [0, 0.1) is 0 Å². The molecule has 1 atom stereocenters. The number of carbonyl (C=O) groups excluding carboxylic acids is 2. The highest BCUT2D eigenvalue weighted by molar-refractivity contribution is 7.89. The lowest BCUT2D eigenvalue weighted by Gasteiger charge is -2.37. The van der Waals surface area contributed by atoms with E-state index in [1.807, 2.05) is 30.3 Å². The topological polar surface area (TPSA) is 114 Å². The molecule has 1 heterocycles. The Bertz CT molecular complexity index is 1560. The van der Waals surface area contributed by atoms with Crippen molar-refractivity contribution in [2.45, 2.75) is 55.6 Å². The average Bonchev–Trinajstić information content (AvgIpc) is 3.06. The van der Waals surface area contributed by atoms with Crippen LogP contribution in [0.2, 0.25) is 0 Å². The van der Waals surface area contributed by atoms with Crippen LogP contribution in [-0.2, 0) is 26.0 Å². The van der Waals surface area contributed by atoms with E-state index in [0.29, 0.717) is 43.0 Å². The molecule has 0 bridgehead atoms. The van der Waals surface area contributed by atoms with Gasteiger partial charge < -0.3 is 24.4 Å². The highest BCUT2D eigenvalue weighted by Gasteiger charge is 2.39. The van der Waals surface area contributed by atoms with Crippen LogP contribution in [0.3, 0.4) is 0 Å². The number of anilines is 1. The summed E-state index contributed by atoms with van der Waals surface area (Å²) < 4.78 is 46.3. The Morgan fingerprint density at radius 1 is 0.932 bits per heavy atom. The number of hydrogen-bond donors (Lipinski definition) is 1. The number of carbonyl (C=O) groups is 2. The lowest BCUT2D eigenvalue weighted by atomic mass is 9.95. The number of para-hydroxylation sites is 2. The summed E-state index contributed by atoms with van der Waals surface area (Å²) in [6.45, 7) is -0.00270. The first-order valence-electron chi connectivity index (χ1n) is 14.9. The molecule has 0 aromatic heterocycles. The van der Waals surface area contributed by atoms with Gasteiger partial charge in [0.25, 0.3) is 5.91 Å². The zero-order valence-electron chi connectivity index (χ0n) is 25.1. The van der Waals surface area contributed by atoms with Crippen LogP contribution in [0.5, 0.6) is 17.2 Å². The van der Waals surface area contributed by atoms with E-state index < -0.39 is 22.0 Å². The minimum absolute atomic E-state index is 0.0200. The van der Waals surface area contributed by atoms with E-state index in [1.54, 1.807) is 30.3 Å². The van der Waals surface area contributed by atoms with E-state index in [0.717, 1.165) is 24.8 Å². The lowest BCUT2D eigenvalue weighted by molar-refractivity contribution is -0.128. The molecule has 1 aliphatic carbocycles. The van der Waals surface area contributed by atoms with Gasteiger partial charge in [0.1, 0.15) is 5.75 Å². The maximum Gasteiger partial charge on any atom is 0.262 e. The number of amides is 2. The van der Waals surface area contributed by atoms with Gasteiger partial charge in [-0.3, -0.25) is 9.59 Å². The number of sulfonamides is 1. The summed E-state index contributed by atoms with van der Waals surface area (Å²) >= 11 is 0. The van der Waals surface area contributed by atoms with Crippen molar-refractivity contribution in [2.24, 2.45) is 0 Å². The minimum atomic E-state index is -4.10. The van der Waals surface area contributed by atoms with E-state index >= 15 is 0 Å². The van der Waals surface area contributed by atoms with Gasteiger partial charge in [0, 0.05) is 18.7 Å². The summed E-state index contributed by atoms with van der Waals surface area (Å²) in [4.78, 5) is 28.8. The third-order valence-electron chi connectivity index (χ3n) is 8.16. The highest BCUT2D eigenvalue weighted by Crippen LogP contribution is 2.36. The molecule has 5 rings (SSSR count). The van der Waals surface area contributed by atoms with Crippen molar-refractivity contribution >= 4 is 27.5 Å². The molecule has 10 nitrogen and oxygen atoms in total. The van der Waals surface area contributed by atoms with Gasteiger partial charge in [0.05, 0.1) is 37.9 Å². The molecule has 0 spiro atoms. The van der Waals surface area contributed by atoms with Crippen LogP contribution in [-0.4, -0.2) is 70.5 Å². The van der Waals surface area contributed by atoms with Crippen LogP contribution in [0.15, 0.2) is 77.7 Å². The van der Waals surface area contributed by atoms with E-state index in [1.165, 1.54) is 35.6 Å². The van der Waals surface area contributed by atoms with Crippen LogP contribution in [0.1, 0.15) is 37.7 Å².